The van der Waals surface area contributed by atoms with Crippen molar-refractivity contribution in [1.29, 1.82) is 0 Å². The Balaban J connectivity index is 2.43. The molecular formula is C13H17F2N3O3S. The van der Waals surface area contributed by atoms with E-state index in [1.54, 1.807) is 0 Å². The Labute approximate surface area is 127 Å². The third kappa shape index (κ3) is 2.83. The molecule has 122 valence electrons. The van der Waals surface area contributed by atoms with E-state index in [-0.39, 0.29) is 19.1 Å². The van der Waals surface area contributed by atoms with Crippen LogP contribution in [0.25, 0.3) is 0 Å². The van der Waals surface area contributed by atoms with Gasteiger partial charge >= 0.3 is 0 Å². The molecule has 0 radical (unpaired) electrons. The predicted molar refractivity (Wildman–Crippen MR) is 75.7 cm³/mol. The van der Waals surface area contributed by atoms with Gasteiger partial charge in [0.2, 0.25) is 10.0 Å². The molecule has 1 aliphatic heterocycles. The highest BCUT2D eigenvalue weighted by Gasteiger charge is 2.34. The van der Waals surface area contributed by atoms with Gasteiger partial charge in [-0.15, -0.1) is 0 Å². The van der Waals surface area contributed by atoms with Crippen LogP contribution in [0.1, 0.15) is 17.3 Å². The zero-order valence-electron chi connectivity index (χ0n) is 12.2. The maximum atomic E-state index is 14.0. The van der Waals surface area contributed by atoms with Crippen LogP contribution in [0, 0.1) is 11.6 Å². The monoisotopic (exact) mass is 333 g/mol. The average molecular weight is 333 g/mol. The second-order valence-electron chi connectivity index (χ2n) is 5.30. The van der Waals surface area contributed by atoms with E-state index in [2.05, 4.69) is 0 Å². The number of nitrogens with zero attached hydrogens (tertiary/aromatic N) is 2. The molecule has 22 heavy (non-hydrogen) atoms. The molecule has 0 unspecified atom stereocenters. The highest BCUT2D eigenvalue weighted by atomic mass is 32.2. The van der Waals surface area contributed by atoms with E-state index in [0.29, 0.717) is 6.54 Å². The van der Waals surface area contributed by atoms with Crippen LogP contribution in [0.2, 0.25) is 0 Å². The smallest absolute Gasteiger partial charge is 0.251 e. The van der Waals surface area contributed by atoms with E-state index < -0.39 is 38.0 Å². The molecule has 0 aromatic heterocycles. The fraction of sp³-hybridized carbons (Fsp3) is 0.462. The molecule has 1 saturated heterocycles. The van der Waals surface area contributed by atoms with Gasteiger partial charge in [-0.3, -0.25) is 4.79 Å². The van der Waals surface area contributed by atoms with Crippen molar-refractivity contribution in [1.82, 2.24) is 9.21 Å². The second kappa shape index (κ2) is 5.90. The van der Waals surface area contributed by atoms with Gasteiger partial charge in [-0.1, -0.05) is 0 Å². The van der Waals surface area contributed by atoms with Crippen LogP contribution in [0.4, 0.5) is 8.78 Å². The molecule has 2 N–H and O–H groups in total. The van der Waals surface area contributed by atoms with Gasteiger partial charge in [0.15, 0.2) is 11.6 Å². The number of primary amides is 1. The summed E-state index contributed by atoms with van der Waals surface area (Å²) in [4.78, 5) is 12.2. The molecule has 6 nitrogen and oxygen atoms in total. The van der Waals surface area contributed by atoms with E-state index in [4.69, 9.17) is 5.73 Å². The number of sulfonamides is 1. The van der Waals surface area contributed by atoms with Crippen molar-refractivity contribution in [2.45, 2.75) is 17.9 Å². The average Bonchev–Trinajstić information content (AvgIpc) is 2.43. The quantitative estimate of drug-likeness (QED) is 0.867. The van der Waals surface area contributed by atoms with Crippen LogP contribution >= 0.6 is 0 Å². The fourth-order valence-corrected chi connectivity index (χ4v) is 3.86. The number of hydrogen-bond acceptors (Lipinski definition) is 4. The number of carbonyl (C=O) groups is 1. The van der Waals surface area contributed by atoms with Crippen molar-refractivity contribution in [3.8, 4) is 0 Å². The van der Waals surface area contributed by atoms with Crippen LogP contribution in [0.5, 0.6) is 0 Å². The molecule has 1 heterocycles. The number of halogens is 2. The number of benzene rings is 1. The van der Waals surface area contributed by atoms with Crippen LogP contribution in [0.15, 0.2) is 17.0 Å². The lowest BCUT2D eigenvalue weighted by Gasteiger charge is -2.36. The third-order valence-electron chi connectivity index (χ3n) is 3.85. The molecule has 2 rings (SSSR count). The molecule has 1 aliphatic rings. The predicted octanol–water partition coefficient (Wildman–Crippen LogP) is 0.388. The lowest BCUT2D eigenvalue weighted by molar-refractivity contribution is 0.0995. The van der Waals surface area contributed by atoms with Gasteiger partial charge in [0.05, 0.1) is 5.56 Å². The van der Waals surface area contributed by atoms with Gasteiger partial charge in [0, 0.05) is 25.7 Å². The van der Waals surface area contributed by atoms with Crippen LogP contribution < -0.4 is 5.73 Å². The van der Waals surface area contributed by atoms with Gasteiger partial charge in [-0.25, -0.2) is 17.2 Å². The summed E-state index contributed by atoms with van der Waals surface area (Å²) in [6.45, 7) is 2.69. The first-order chi connectivity index (χ1) is 10.2. The van der Waals surface area contributed by atoms with E-state index in [1.165, 1.54) is 0 Å². The topological polar surface area (TPSA) is 83.7 Å². The summed E-state index contributed by atoms with van der Waals surface area (Å²) < 4.78 is 53.9. The normalized spacial score (nSPS) is 21.0. The van der Waals surface area contributed by atoms with E-state index in [0.717, 1.165) is 16.4 Å². The standard InChI is InChI=1S/C13H17F2N3O3S/c1-8-7-18(6-5-17(8)2)22(20,21)10-4-3-9(13(16)19)11(14)12(10)15/h3-4,8H,5-7H2,1-2H3,(H2,16,19)/t8-/m1/s1. The summed E-state index contributed by atoms with van der Waals surface area (Å²) in [7, 11) is -2.32. The SMILES string of the molecule is C[C@@H]1CN(S(=O)(=O)c2ccc(C(N)=O)c(F)c2F)CCN1C. The first-order valence-corrected chi connectivity index (χ1v) is 8.08. The lowest BCUT2D eigenvalue weighted by Crippen LogP contribution is -2.52. The first kappa shape index (κ1) is 16.8. The molecule has 1 amide bonds. The molecule has 0 saturated carbocycles. The molecule has 1 atom stereocenters. The molecule has 9 heteroatoms. The minimum absolute atomic E-state index is 0.0404. The summed E-state index contributed by atoms with van der Waals surface area (Å²) in [5.41, 5.74) is 4.23. The molecule has 1 aromatic rings. The number of amides is 1. The summed E-state index contributed by atoms with van der Waals surface area (Å²) in [5.74, 6) is -4.29. The number of rotatable bonds is 3. The highest BCUT2D eigenvalue weighted by Crippen LogP contribution is 2.25. The van der Waals surface area contributed by atoms with Crippen molar-refractivity contribution >= 4 is 15.9 Å². The van der Waals surface area contributed by atoms with Crippen LogP contribution in [-0.2, 0) is 10.0 Å². The summed E-state index contributed by atoms with van der Waals surface area (Å²) in [6, 6.07) is 1.71. The summed E-state index contributed by atoms with van der Waals surface area (Å²) >= 11 is 0. The van der Waals surface area contributed by atoms with Gasteiger partial charge in [-0.05, 0) is 26.1 Å². The lowest BCUT2D eigenvalue weighted by atomic mass is 10.2. The molecule has 1 fully saturated rings. The summed E-state index contributed by atoms with van der Waals surface area (Å²) in [5, 5.41) is 0. The van der Waals surface area contributed by atoms with E-state index in [1.807, 2.05) is 18.9 Å². The number of nitrogens with two attached hydrogens (primary N) is 1. The minimum Gasteiger partial charge on any atom is -0.366 e. The maximum absolute atomic E-state index is 14.0. The zero-order chi connectivity index (χ0) is 16.7. The van der Waals surface area contributed by atoms with Gasteiger partial charge in [0.25, 0.3) is 5.91 Å². The van der Waals surface area contributed by atoms with Crippen molar-refractivity contribution < 1.29 is 22.0 Å². The number of piperazine rings is 1. The Morgan fingerprint density at radius 1 is 1.27 bits per heavy atom. The minimum atomic E-state index is -4.17. The number of likely N-dealkylation sites (N-methyl/N-ethyl adjacent to an activating group) is 1. The Bertz CT molecular complexity index is 709. The van der Waals surface area contributed by atoms with Crippen LogP contribution in [0.3, 0.4) is 0 Å². The summed E-state index contributed by atoms with van der Waals surface area (Å²) in [6.07, 6.45) is 0. The molecular weight excluding hydrogens is 316 g/mol. The fourth-order valence-electron chi connectivity index (χ4n) is 2.29. The maximum Gasteiger partial charge on any atom is 0.251 e. The first-order valence-electron chi connectivity index (χ1n) is 6.64. The highest BCUT2D eigenvalue weighted by molar-refractivity contribution is 7.89. The van der Waals surface area contributed by atoms with Gasteiger partial charge in [-0.2, -0.15) is 4.31 Å². The number of hydrogen-bond donors (Lipinski definition) is 1. The van der Waals surface area contributed by atoms with Gasteiger partial charge < -0.3 is 10.6 Å². The van der Waals surface area contributed by atoms with E-state index >= 15 is 0 Å². The van der Waals surface area contributed by atoms with E-state index in [9.17, 15) is 22.0 Å². The largest absolute Gasteiger partial charge is 0.366 e. The Kier molecular flexibility index (Phi) is 4.50. The number of carbonyl (C=O) groups excluding carboxylic acids is 1. The van der Waals surface area contributed by atoms with Crippen molar-refractivity contribution in [3.05, 3.63) is 29.3 Å². The Hall–Kier alpha value is -1.58. The van der Waals surface area contributed by atoms with Crippen LogP contribution in [-0.4, -0.2) is 56.3 Å². The Morgan fingerprint density at radius 2 is 1.91 bits per heavy atom. The molecule has 0 bridgehead atoms. The Morgan fingerprint density at radius 3 is 2.45 bits per heavy atom. The molecule has 0 spiro atoms. The van der Waals surface area contributed by atoms with Gasteiger partial charge in [0.1, 0.15) is 4.90 Å². The molecule has 0 aliphatic carbocycles. The second-order valence-corrected chi connectivity index (χ2v) is 7.20. The zero-order valence-corrected chi connectivity index (χ0v) is 13.0. The van der Waals surface area contributed by atoms with Crippen molar-refractivity contribution in [3.63, 3.8) is 0 Å². The molecule has 1 aromatic carbocycles. The van der Waals surface area contributed by atoms with Crippen molar-refractivity contribution in [2.24, 2.45) is 5.73 Å². The third-order valence-corrected chi connectivity index (χ3v) is 5.74. The van der Waals surface area contributed by atoms with Crippen molar-refractivity contribution in [2.75, 3.05) is 26.7 Å².